The van der Waals surface area contributed by atoms with Gasteiger partial charge in [-0.05, 0) is 29.8 Å². The number of aliphatic hydroxyl groups is 1. The topological polar surface area (TPSA) is 95.0 Å². The second-order valence-corrected chi connectivity index (χ2v) is 6.82. The van der Waals surface area contributed by atoms with E-state index in [1.54, 1.807) is 36.5 Å². The van der Waals surface area contributed by atoms with E-state index in [2.05, 4.69) is 15.2 Å². The van der Waals surface area contributed by atoms with Gasteiger partial charge in [0.2, 0.25) is 11.8 Å². The molecule has 29 heavy (non-hydrogen) atoms. The quantitative estimate of drug-likeness (QED) is 0.704. The van der Waals surface area contributed by atoms with E-state index in [9.17, 15) is 14.7 Å². The average Bonchev–Trinajstić information content (AvgIpc) is 2.77. The van der Waals surface area contributed by atoms with Gasteiger partial charge in [0.05, 0.1) is 25.8 Å². The zero-order valence-corrected chi connectivity index (χ0v) is 16.5. The van der Waals surface area contributed by atoms with E-state index >= 15 is 0 Å². The standard InChI is InChI=1S/C21H26N4O4/c1-29-19-5-3-2-4-18(19)24-10-12-25(13-11-24)21(28)17(15-26)23-20(27)14-16-6-8-22-9-7-16/h2-9,17,26H,10-15H2,1H3,(H,23,27). The number of pyridine rings is 1. The van der Waals surface area contributed by atoms with Gasteiger partial charge in [-0.3, -0.25) is 14.6 Å². The summed E-state index contributed by atoms with van der Waals surface area (Å²) in [5.41, 5.74) is 1.79. The summed E-state index contributed by atoms with van der Waals surface area (Å²) in [5.74, 6) is 0.218. The fourth-order valence-electron chi connectivity index (χ4n) is 3.40. The summed E-state index contributed by atoms with van der Waals surface area (Å²) in [4.78, 5) is 32.8. The molecule has 0 spiro atoms. The lowest BCUT2D eigenvalue weighted by Gasteiger charge is -2.37. The Bertz CT molecular complexity index is 822. The zero-order chi connectivity index (χ0) is 20.6. The predicted molar refractivity (Wildman–Crippen MR) is 109 cm³/mol. The van der Waals surface area contributed by atoms with Crippen LogP contribution in [0.25, 0.3) is 0 Å². The number of para-hydroxylation sites is 2. The summed E-state index contributed by atoms with van der Waals surface area (Å²) in [6.07, 6.45) is 3.35. The molecule has 0 aliphatic carbocycles. The molecule has 1 saturated heterocycles. The van der Waals surface area contributed by atoms with Crippen molar-refractivity contribution in [1.29, 1.82) is 0 Å². The predicted octanol–water partition coefficient (Wildman–Crippen LogP) is 0.459. The smallest absolute Gasteiger partial charge is 0.247 e. The maximum absolute atomic E-state index is 12.8. The molecule has 1 aliphatic rings. The highest BCUT2D eigenvalue weighted by molar-refractivity contribution is 5.88. The van der Waals surface area contributed by atoms with Crippen LogP contribution in [0.2, 0.25) is 0 Å². The van der Waals surface area contributed by atoms with Crippen LogP contribution in [0.3, 0.4) is 0 Å². The Morgan fingerprint density at radius 1 is 1.14 bits per heavy atom. The number of rotatable bonds is 7. The van der Waals surface area contributed by atoms with Gasteiger partial charge in [0, 0.05) is 38.6 Å². The zero-order valence-electron chi connectivity index (χ0n) is 16.5. The van der Waals surface area contributed by atoms with Gasteiger partial charge in [-0.25, -0.2) is 0 Å². The normalized spacial score (nSPS) is 15.0. The molecule has 154 valence electrons. The summed E-state index contributed by atoms with van der Waals surface area (Å²) >= 11 is 0. The van der Waals surface area contributed by atoms with Crippen LogP contribution >= 0.6 is 0 Å². The monoisotopic (exact) mass is 398 g/mol. The molecule has 1 unspecified atom stereocenters. The first-order valence-corrected chi connectivity index (χ1v) is 9.58. The Labute approximate surface area is 170 Å². The van der Waals surface area contributed by atoms with Crippen molar-refractivity contribution in [2.24, 2.45) is 0 Å². The van der Waals surface area contributed by atoms with Crippen LogP contribution in [-0.2, 0) is 16.0 Å². The van der Waals surface area contributed by atoms with Gasteiger partial charge in [0.15, 0.2) is 0 Å². The Kier molecular flexibility index (Phi) is 7.02. The van der Waals surface area contributed by atoms with Gasteiger partial charge >= 0.3 is 0 Å². The van der Waals surface area contributed by atoms with Crippen LogP contribution in [0.15, 0.2) is 48.8 Å². The molecule has 1 aromatic heterocycles. The van der Waals surface area contributed by atoms with Gasteiger partial charge in [0.1, 0.15) is 11.8 Å². The third kappa shape index (κ3) is 5.23. The van der Waals surface area contributed by atoms with Crippen LogP contribution in [0.4, 0.5) is 5.69 Å². The number of amides is 2. The van der Waals surface area contributed by atoms with E-state index in [-0.39, 0.29) is 18.2 Å². The number of carbonyl (C=O) groups is 2. The third-order valence-corrected chi connectivity index (χ3v) is 4.95. The molecule has 1 aromatic carbocycles. The number of anilines is 1. The first kappa shape index (κ1) is 20.6. The minimum Gasteiger partial charge on any atom is -0.495 e. The highest BCUT2D eigenvalue weighted by Gasteiger charge is 2.28. The molecule has 2 heterocycles. The molecular weight excluding hydrogens is 372 g/mol. The van der Waals surface area contributed by atoms with E-state index < -0.39 is 12.6 Å². The number of nitrogens with zero attached hydrogens (tertiary/aromatic N) is 3. The summed E-state index contributed by atoms with van der Waals surface area (Å²) in [6.45, 7) is 1.87. The Morgan fingerprint density at radius 3 is 2.48 bits per heavy atom. The van der Waals surface area contributed by atoms with Gasteiger partial charge in [-0.2, -0.15) is 0 Å². The molecule has 8 nitrogen and oxygen atoms in total. The highest BCUT2D eigenvalue weighted by Crippen LogP contribution is 2.28. The highest BCUT2D eigenvalue weighted by atomic mass is 16.5. The van der Waals surface area contributed by atoms with Gasteiger partial charge in [0.25, 0.3) is 0 Å². The summed E-state index contributed by atoms with van der Waals surface area (Å²) in [6, 6.07) is 10.3. The van der Waals surface area contributed by atoms with Crippen molar-refractivity contribution >= 4 is 17.5 Å². The number of piperazine rings is 1. The number of aromatic nitrogens is 1. The second kappa shape index (κ2) is 9.88. The van der Waals surface area contributed by atoms with Crippen molar-refractivity contribution in [3.05, 3.63) is 54.4 Å². The fraction of sp³-hybridized carbons (Fsp3) is 0.381. The number of aliphatic hydroxyl groups excluding tert-OH is 1. The van der Waals surface area contributed by atoms with Gasteiger partial charge in [-0.1, -0.05) is 12.1 Å². The third-order valence-electron chi connectivity index (χ3n) is 4.95. The van der Waals surface area contributed by atoms with Gasteiger partial charge < -0.3 is 25.0 Å². The van der Waals surface area contributed by atoms with Crippen molar-refractivity contribution < 1.29 is 19.4 Å². The van der Waals surface area contributed by atoms with Crippen molar-refractivity contribution in [3.8, 4) is 5.75 Å². The number of hydrogen-bond donors (Lipinski definition) is 2. The van der Waals surface area contributed by atoms with E-state index in [1.165, 1.54) is 0 Å². The van der Waals surface area contributed by atoms with Crippen LogP contribution in [-0.4, -0.2) is 72.7 Å². The first-order chi connectivity index (χ1) is 14.1. The molecular formula is C21H26N4O4. The Hall–Kier alpha value is -3.13. The molecule has 2 amide bonds. The molecule has 1 aliphatic heterocycles. The van der Waals surface area contributed by atoms with Crippen LogP contribution in [0.1, 0.15) is 5.56 Å². The first-order valence-electron chi connectivity index (χ1n) is 9.58. The molecule has 8 heteroatoms. The van der Waals surface area contributed by atoms with Crippen molar-refractivity contribution in [3.63, 3.8) is 0 Å². The minimum absolute atomic E-state index is 0.133. The van der Waals surface area contributed by atoms with Crippen molar-refractivity contribution in [2.45, 2.75) is 12.5 Å². The number of nitrogens with one attached hydrogen (secondary N) is 1. The Balaban J connectivity index is 1.55. The van der Waals surface area contributed by atoms with Crippen molar-refractivity contribution in [1.82, 2.24) is 15.2 Å². The number of methoxy groups -OCH3 is 1. The van der Waals surface area contributed by atoms with Crippen LogP contribution < -0.4 is 15.0 Å². The number of hydrogen-bond acceptors (Lipinski definition) is 6. The molecule has 0 bridgehead atoms. The summed E-state index contributed by atoms with van der Waals surface area (Å²) in [7, 11) is 1.64. The molecule has 1 atom stereocenters. The second-order valence-electron chi connectivity index (χ2n) is 6.82. The van der Waals surface area contributed by atoms with E-state index in [0.717, 1.165) is 17.0 Å². The largest absolute Gasteiger partial charge is 0.495 e. The maximum Gasteiger partial charge on any atom is 0.247 e. The lowest BCUT2D eigenvalue weighted by atomic mass is 10.1. The van der Waals surface area contributed by atoms with Gasteiger partial charge in [-0.15, -0.1) is 0 Å². The van der Waals surface area contributed by atoms with Crippen molar-refractivity contribution in [2.75, 3.05) is 44.8 Å². The minimum atomic E-state index is -0.942. The lowest BCUT2D eigenvalue weighted by Crippen LogP contribution is -2.56. The summed E-state index contributed by atoms with van der Waals surface area (Å²) in [5, 5.41) is 12.3. The maximum atomic E-state index is 12.8. The fourth-order valence-corrected chi connectivity index (χ4v) is 3.40. The SMILES string of the molecule is COc1ccccc1N1CCN(C(=O)C(CO)NC(=O)Cc2ccncc2)CC1. The summed E-state index contributed by atoms with van der Waals surface area (Å²) < 4.78 is 5.41. The molecule has 3 rings (SSSR count). The average molecular weight is 398 g/mol. The van der Waals surface area contributed by atoms with E-state index in [1.807, 2.05) is 24.3 Å². The molecule has 2 N–H and O–H groups in total. The Morgan fingerprint density at radius 2 is 1.83 bits per heavy atom. The van der Waals surface area contributed by atoms with E-state index in [4.69, 9.17) is 4.74 Å². The molecule has 1 fully saturated rings. The molecule has 0 saturated carbocycles. The number of carbonyl (C=O) groups excluding carboxylic acids is 2. The lowest BCUT2D eigenvalue weighted by molar-refractivity contribution is -0.137. The number of ether oxygens (including phenoxy) is 1. The van der Waals surface area contributed by atoms with E-state index in [0.29, 0.717) is 26.2 Å². The molecule has 0 radical (unpaired) electrons. The van der Waals surface area contributed by atoms with Crippen LogP contribution in [0, 0.1) is 0 Å². The molecule has 2 aromatic rings. The number of benzene rings is 1. The van der Waals surface area contributed by atoms with Crippen LogP contribution in [0.5, 0.6) is 5.75 Å².